The summed E-state index contributed by atoms with van der Waals surface area (Å²) in [5, 5.41) is 2.47. The molecule has 1 aliphatic heterocycles. The van der Waals surface area contributed by atoms with Gasteiger partial charge in [-0.05, 0) is 38.5 Å². The van der Waals surface area contributed by atoms with Crippen LogP contribution in [0.4, 0.5) is 18.0 Å². The summed E-state index contributed by atoms with van der Waals surface area (Å²) in [7, 11) is -9.27. The Morgan fingerprint density at radius 3 is 1.97 bits per heavy atom. The van der Waals surface area contributed by atoms with E-state index in [2.05, 4.69) is 9.50 Å². The summed E-state index contributed by atoms with van der Waals surface area (Å²) in [5.74, 6) is -1.11. The van der Waals surface area contributed by atoms with Crippen molar-refractivity contribution in [2.45, 2.75) is 44.3 Å². The molecular formula is C20H28F3N3O8S2. The lowest BCUT2D eigenvalue weighted by Gasteiger charge is -2.35. The van der Waals surface area contributed by atoms with E-state index in [9.17, 15) is 39.6 Å². The van der Waals surface area contributed by atoms with Crippen molar-refractivity contribution in [3.63, 3.8) is 0 Å². The maximum Gasteiger partial charge on any atom is 0.534 e. The Bertz CT molecular complexity index is 1160. The Morgan fingerprint density at radius 2 is 1.53 bits per heavy atom. The van der Waals surface area contributed by atoms with E-state index in [1.807, 2.05) is 0 Å². The molecule has 1 fully saturated rings. The molecule has 16 heteroatoms. The van der Waals surface area contributed by atoms with E-state index in [1.165, 1.54) is 21.3 Å². The van der Waals surface area contributed by atoms with Gasteiger partial charge in [0, 0.05) is 32.6 Å². The van der Waals surface area contributed by atoms with Gasteiger partial charge in [0.05, 0.1) is 6.26 Å². The van der Waals surface area contributed by atoms with Crippen molar-refractivity contribution >= 4 is 32.1 Å². The van der Waals surface area contributed by atoms with E-state index in [-0.39, 0.29) is 32.6 Å². The van der Waals surface area contributed by atoms with Crippen molar-refractivity contribution < 1.29 is 48.5 Å². The number of nitrogens with one attached hydrogen (secondary N) is 1. The van der Waals surface area contributed by atoms with Crippen LogP contribution < -0.4 is 9.50 Å². The molecule has 0 spiro atoms. The molecule has 0 saturated carbocycles. The minimum absolute atomic E-state index is 0.0729. The fourth-order valence-corrected chi connectivity index (χ4v) is 4.49. The van der Waals surface area contributed by atoms with Gasteiger partial charge in [-0.25, -0.2) is 13.2 Å². The second-order valence-electron chi connectivity index (χ2n) is 9.02. The number of ether oxygens (including phenoxy) is 1. The lowest BCUT2D eigenvalue weighted by atomic mass is 10.0. The summed E-state index contributed by atoms with van der Waals surface area (Å²) in [6.45, 7) is 5.19. The van der Waals surface area contributed by atoms with Gasteiger partial charge in [-0.1, -0.05) is 12.1 Å². The first-order chi connectivity index (χ1) is 16.3. The van der Waals surface area contributed by atoms with Gasteiger partial charge < -0.3 is 19.1 Å². The number of benzene rings is 1. The maximum atomic E-state index is 13.2. The predicted octanol–water partition coefficient (Wildman–Crippen LogP) is 1.45. The smallest absolute Gasteiger partial charge is 0.444 e. The van der Waals surface area contributed by atoms with Crippen molar-refractivity contribution in [3.8, 4) is 5.75 Å². The van der Waals surface area contributed by atoms with E-state index in [4.69, 9.17) is 4.74 Å². The third-order valence-corrected chi connectivity index (χ3v) is 7.14. The number of halogens is 3. The number of nitrogens with zero attached hydrogens (tertiary/aromatic N) is 2. The number of hydrogen-bond acceptors (Lipinski definition) is 8. The van der Waals surface area contributed by atoms with Crippen molar-refractivity contribution in [3.05, 3.63) is 29.8 Å². The van der Waals surface area contributed by atoms with Gasteiger partial charge in [-0.2, -0.15) is 25.9 Å². The first-order valence-electron chi connectivity index (χ1n) is 10.6. The van der Waals surface area contributed by atoms with Gasteiger partial charge in [-0.3, -0.25) is 4.79 Å². The van der Waals surface area contributed by atoms with E-state index in [0.29, 0.717) is 5.56 Å². The van der Waals surface area contributed by atoms with Crippen molar-refractivity contribution in [2.75, 3.05) is 32.4 Å². The molecule has 1 aliphatic rings. The van der Waals surface area contributed by atoms with Gasteiger partial charge >= 0.3 is 21.7 Å². The van der Waals surface area contributed by atoms with Crippen LogP contribution in [-0.4, -0.2) is 87.6 Å². The van der Waals surface area contributed by atoms with E-state index in [0.717, 1.165) is 18.4 Å². The number of carbonyl (C=O) groups excluding carboxylic acids is 2. The zero-order chi connectivity index (χ0) is 27.5. The molecule has 2 rings (SSSR count). The minimum atomic E-state index is -5.84. The molecule has 1 N–H and O–H groups in total. The molecule has 0 bridgehead atoms. The second-order valence-corrected chi connectivity index (χ2v) is 12.5. The fraction of sp³-hybridized carbons (Fsp3) is 0.600. The summed E-state index contributed by atoms with van der Waals surface area (Å²) in [4.78, 5) is 26.9. The summed E-state index contributed by atoms with van der Waals surface area (Å²) >= 11 is 0. The number of carbonyl (C=O) groups is 2. The molecule has 2 amide bonds. The molecule has 36 heavy (non-hydrogen) atoms. The lowest BCUT2D eigenvalue weighted by Crippen LogP contribution is -2.56. The Balaban J connectivity index is 2.18. The monoisotopic (exact) mass is 559 g/mol. The number of alkyl carbamates (subject to hydrolysis) is 1. The Kier molecular flexibility index (Phi) is 8.89. The summed E-state index contributed by atoms with van der Waals surface area (Å²) in [5.41, 5.74) is -6.08. The van der Waals surface area contributed by atoms with Crippen molar-refractivity contribution in [1.82, 2.24) is 14.5 Å². The number of hydrogen-bond donors (Lipinski definition) is 1. The van der Waals surface area contributed by atoms with Crippen LogP contribution in [0.1, 0.15) is 26.3 Å². The average Bonchev–Trinajstić information content (AvgIpc) is 2.71. The highest BCUT2D eigenvalue weighted by Gasteiger charge is 2.48. The zero-order valence-electron chi connectivity index (χ0n) is 20.0. The van der Waals surface area contributed by atoms with Crippen LogP contribution in [0.2, 0.25) is 0 Å². The van der Waals surface area contributed by atoms with E-state index in [1.54, 1.807) is 20.8 Å². The molecule has 0 radical (unpaired) electrons. The largest absolute Gasteiger partial charge is 0.534 e. The molecule has 0 unspecified atom stereocenters. The topological polar surface area (TPSA) is 139 Å². The fourth-order valence-electron chi connectivity index (χ4n) is 3.20. The minimum Gasteiger partial charge on any atom is -0.444 e. The van der Waals surface area contributed by atoms with E-state index >= 15 is 0 Å². The van der Waals surface area contributed by atoms with Crippen LogP contribution in [-0.2, 0) is 36.1 Å². The Labute approximate surface area is 207 Å². The Hall–Kier alpha value is -2.59. The quantitative estimate of drug-likeness (QED) is 0.391. The molecule has 1 aromatic carbocycles. The lowest BCUT2D eigenvalue weighted by molar-refractivity contribution is -0.134. The molecule has 0 aliphatic carbocycles. The van der Waals surface area contributed by atoms with Crippen LogP contribution in [0.3, 0.4) is 0 Å². The second kappa shape index (κ2) is 10.8. The SMILES string of the molecule is CC(C)(C)OC(=O)N[C@@H](Cc1ccc(OS(=O)(=O)C(F)(F)F)cc1)C(=O)N1CCN(S(C)(=O)=O)CC1. The number of piperazine rings is 1. The number of rotatable bonds is 7. The summed E-state index contributed by atoms with van der Waals surface area (Å²) in [6, 6.07) is 3.31. The summed E-state index contributed by atoms with van der Waals surface area (Å²) in [6.07, 6.45) is 0.0632. The molecule has 1 saturated heterocycles. The standard InChI is InChI=1S/C20H28F3N3O8S2/c1-19(2,3)33-18(28)24-16(17(27)25-9-11-26(12-10-25)35(4,29)30)13-14-5-7-15(8-6-14)34-36(31,32)20(21,22)23/h5-8,16H,9-13H2,1-4H3,(H,24,28)/t16-/m0/s1. The zero-order valence-corrected chi connectivity index (χ0v) is 21.7. The normalized spacial score (nSPS) is 16.8. The van der Waals surface area contributed by atoms with Crippen LogP contribution in [0.5, 0.6) is 5.75 Å². The number of sulfonamides is 1. The van der Waals surface area contributed by atoms with Gasteiger partial charge in [-0.15, -0.1) is 0 Å². The maximum absolute atomic E-state index is 13.2. The third-order valence-electron chi connectivity index (χ3n) is 4.86. The molecule has 11 nitrogen and oxygen atoms in total. The van der Waals surface area contributed by atoms with Gasteiger partial charge in [0.1, 0.15) is 17.4 Å². The van der Waals surface area contributed by atoms with Gasteiger partial charge in [0.2, 0.25) is 15.9 Å². The number of alkyl halides is 3. The summed E-state index contributed by atoms with van der Waals surface area (Å²) < 4.78 is 93.8. The molecule has 0 aromatic heterocycles. The first-order valence-corrected chi connectivity index (χ1v) is 13.9. The molecule has 204 valence electrons. The third kappa shape index (κ3) is 8.51. The highest BCUT2D eigenvalue weighted by molar-refractivity contribution is 7.88. The van der Waals surface area contributed by atoms with E-state index < -0.39 is 55.0 Å². The van der Waals surface area contributed by atoms with Crippen LogP contribution in [0, 0.1) is 0 Å². The highest BCUT2D eigenvalue weighted by Crippen LogP contribution is 2.27. The molecule has 1 aromatic rings. The van der Waals surface area contributed by atoms with Crippen LogP contribution in [0.25, 0.3) is 0 Å². The predicted molar refractivity (Wildman–Crippen MR) is 122 cm³/mol. The van der Waals surface area contributed by atoms with Gasteiger partial charge in [0.15, 0.2) is 0 Å². The van der Waals surface area contributed by atoms with Crippen LogP contribution in [0.15, 0.2) is 24.3 Å². The Morgan fingerprint density at radius 1 is 1.00 bits per heavy atom. The average molecular weight is 560 g/mol. The van der Waals surface area contributed by atoms with Crippen LogP contribution >= 0.6 is 0 Å². The number of amides is 2. The van der Waals surface area contributed by atoms with Crippen molar-refractivity contribution in [2.24, 2.45) is 0 Å². The van der Waals surface area contributed by atoms with Gasteiger partial charge in [0.25, 0.3) is 0 Å². The molecule has 1 atom stereocenters. The highest BCUT2D eigenvalue weighted by atomic mass is 32.2. The molecular weight excluding hydrogens is 531 g/mol. The van der Waals surface area contributed by atoms with Crippen molar-refractivity contribution in [1.29, 1.82) is 0 Å². The molecule has 1 heterocycles. The first kappa shape index (κ1) is 29.6.